The summed E-state index contributed by atoms with van der Waals surface area (Å²) in [6.07, 6.45) is -1.77. The smallest absolute Gasteiger partial charge is 0.193 e. The minimum Gasteiger partial charge on any atom is -0.383 e. The molecule has 144 valence electrons. The normalized spacial score (nSPS) is 14.8. The summed E-state index contributed by atoms with van der Waals surface area (Å²) in [7, 11) is -4.09. The summed E-state index contributed by atoms with van der Waals surface area (Å²) >= 11 is 0. The fourth-order valence-electron chi connectivity index (χ4n) is 3.20. The van der Waals surface area contributed by atoms with Gasteiger partial charge in [0.05, 0.1) is 4.90 Å². The summed E-state index contributed by atoms with van der Waals surface area (Å²) < 4.78 is 25.4. The summed E-state index contributed by atoms with van der Waals surface area (Å²) in [5.74, 6) is -0.636. The van der Waals surface area contributed by atoms with E-state index in [1.165, 1.54) is 19.1 Å². The second-order valence-corrected chi connectivity index (χ2v) is 9.25. The van der Waals surface area contributed by atoms with E-state index >= 15 is 0 Å². The van der Waals surface area contributed by atoms with E-state index in [9.17, 15) is 18.3 Å². The van der Waals surface area contributed by atoms with Gasteiger partial charge in [-0.05, 0) is 31.5 Å². The van der Waals surface area contributed by atoms with Crippen molar-refractivity contribution in [3.8, 4) is 0 Å². The minimum atomic E-state index is -4.09. The van der Waals surface area contributed by atoms with Crippen molar-refractivity contribution in [3.05, 3.63) is 102 Å². The van der Waals surface area contributed by atoms with Crippen LogP contribution in [0.2, 0.25) is 0 Å². The van der Waals surface area contributed by atoms with Crippen LogP contribution in [-0.4, -0.2) is 25.4 Å². The number of ketones is 1. The number of rotatable bonds is 6. The van der Waals surface area contributed by atoms with E-state index < -0.39 is 26.5 Å². The first-order valence-electron chi connectivity index (χ1n) is 8.92. The molecule has 0 aromatic heterocycles. The van der Waals surface area contributed by atoms with E-state index in [1.54, 1.807) is 72.8 Å². The summed E-state index contributed by atoms with van der Waals surface area (Å²) in [4.78, 5) is 13.0. The fraction of sp³-hybridized carbons (Fsp3) is 0.174. The Morgan fingerprint density at radius 1 is 0.857 bits per heavy atom. The van der Waals surface area contributed by atoms with Gasteiger partial charge in [-0.3, -0.25) is 4.79 Å². The molecule has 0 aliphatic heterocycles. The number of carbonyl (C=O) groups is 1. The zero-order chi connectivity index (χ0) is 20.4. The molecule has 3 rings (SSSR count). The molecule has 0 saturated carbocycles. The van der Waals surface area contributed by atoms with E-state index in [0.29, 0.717) is 5.56 Å². The Balaban J connectivity index is 2.19. The van der Waals surface area contributed by atoms with Gasteiger partial charge in [-0.1, -0.05) is 78.4 Å². The molecular weight excluding hydrogens is 372 g/mol. The van der Waals surface area contributed by atoms with Crippen LogP contribution in [0.4, 0.5) is 0 Å². The molecule has 0 aliphatic rings. The minimum absolute atomic E-state index is 0.0596. The van der Waals surface area contributed by atoms with Crippen molar-refractivity contribution in [1.29, 1.82) is 0 Å². The highest BCUT2D eigenvalue weighted by atomic mass is 32.2. The van der Waals surface area contributed by atoms with Crippen LogP contribution < -0.4 is 0 Å². The molecule has 5 heteroatoms. The monoisotopic (exact) mass is 394 g/mol. The summed E-state index contributed by atoms with van der Waals surface area (Å²) in [5.41, 5.74) is 1.53. The van der Waals surface area contributed by atoms with Gasteiger partial charge in [-0.2, -0.15) is 0 Å². The van der Waals surface area contributed by atoms with Gasteiger partial charge in [-0.15, -0.1) is 0 Å². The molecule has 0 radical (unpaired) electrons. The third-order valence-corrected chi connectivity index (χ3v) is 7.53. The predicted octanol–water partition coefficient (Wildman–Crippen LogP) is 3.93. The Labute approximate surface area is 165 Å². The SMILES string of the molecule is Cc1ccc(S(=O)(=O)C(C)(c2ccccc2)C(O)C(=O)c2ccccc2)cc1. The van der Waals surface area contributed by atoms with Crippen molar-refractivity contribution in [3.63, 3.8) is 0 Å². The van der Waals surface area contributed by atoms with Crippen LogP contribution in [0.15, 0.2) is 89.8 Å². The first kappa shape index (κ1) is 20.0. The van der Waals surface area contributed by atoms with Gasteiger partial charge in [-0.25, -0.2) is 8.42 Å². The Morgan fingerprint density at radius 2 is 1.36 bits per heavy atom. The van der Waals surface area contributed by atoms with Crippen LogP contribution >= 0.6 is 0 Å². The molecule has 0 heterocycles. The molecular formula is C23H22O4S. The highest BCUT2D eigenvalue weighted by Gasteiger charge is 2.50. The lowest BCUT2D eigenvalue weighted by molar-refractivity contribution is 0.0657. The van der Waals surface area contributed by atoms with Crippen LogP contribution in [0.3, 0.4) is 0 Å². The maximum absolute atomic E-state index is 13.6. The molecule has 0 amide bonds. The number of Topliss-reactive ketones (excluding diaryl/α,β-unsaturated/α-hetero) is 1. The number of aryl methyl sites for hydroxylation is 1. The summed E-state index contributed by atoms with van der Waals surface area (Å²) in [6.45, 7) is 3.27. The number of sulfone groups is 1. The summed E-state index contributed by atoms with van der Waals surface area (Å²) in [6, 6.07) is 23.0. The number of hydrogen-bond acceptors (Lipinski definition) is 4. The van der Waals surface area contributed by atoms with E-state index in [4.69, 9.17) is 0 Å². The first-order valence-corrected chi connectivity index (χ1v) is 10.4. The number of aliphatic hydroxyl groups is 1. The van der Waals surface area contributed by atoms with Gasteiger partial charge in [0.15, 0.2) is 15.6 Å². The Hall–Kier alpha value is -2.76. The van der Waals surface area contributed by atoms with Crippen molar-refractivity contribution >= 4 is 15.6 Å². The highest BCUT2D eigenvalue weighted by Crippen LogP contribution is 2.39. The van der Waals surface area contributed by atoms with Gasteiger partial charge in [0, 0.05) is 5.56 Å². The third kappa shape index (κ3) is 3.39. The van der Waals surface area contributed by atoms with Gasteiger partial charge < -0.3 is 5.11 Å². The van der Waals surface area contributed by atoms with E-state index in [1.807, 2.05) is 6.92 Å². The average Bonchev–Trinajstić information content (AvgIpc) is 2.73. The molecule has 0 fully saturated rings. The van der Waals surface area contributed by atoms with Crippen LogP contribution in [0, 0.1) is 6.92 Å². The molecule has 2 unspecified atom stereocenters. The second-order valence-electron chi connectivity index (χ2n) is 6.92. The molecule has 1 N–H and O–H groups in total. The van der Waals surface area contributed by atoms with Crippen molar-refractivity contribution in [2.75, 3.05) is 0 Å². The van der Waals surface area contributed by atoms with Gasteiger partial charge in [0.2, 0.25) is 0 Å². The molecule has 3 aromatic carbocycles. The van der Waals surface area contributed by atoms with Crippen molar-refractivity contribution in [2.24, 2.45) is 0 Å². The predicted molar refractivity (Wildman–Crippen MR) is 109 cm³/mol. The number of aliphatic hydroxyl groups excluding tert-OH is 1. The van der Waals surface area contributed by atoms with Gasteiger partial charge in [0.25, 0.3) is 0 Å². The molecule has 0 bridgehead atoms. The zero-order valence-corrected chi connectivity index (χ0v) is 16.6. The summed E-state index contributed by atoms with van der Waals surface area (Å²) in [5, 5.41) is 11.1. The molecule has 28 heavy (non-hydrogen) atoms. The Bertz CT molecular complexity index is 1060. The topological polar surface area (TPSA) is 71.4 Å². The van der Waals surface area contributed by atoms with E-state index in [2.05, 4.69) is 0 Å². The van der Waals surface area contributed by atoms with Crippen molar-refractivity contribution in [2.45, 2.75) is 29.6 Å². The van der Waals surface area contributed by atoms with E-state index in [0.717, 1.165) is 5.56 Å². The number of carbonyl (C=O) groups excluding carboxylic acids is 1. The lowest BCUT2D eigenvalue weighted by Gasteiger charge is -2.34. The third-order valence-electron chi connectivity index (χ3n) is 5.06. The molecule has 0 aliphatic carbocycles. The second kappa shape index (κ2) is 7.70. The molecule has 4 nitrogen and oxygen atoms in total. The fourth-order valence-corrected chi connectivity index (χ4v) is 5.03. The van der Waals surface area contributed by atoms with E-state index in [-0.39, 0.29) is 10.5 Å². The molecule has 0 spiro atoms. The van der Waals surface area contributed by atoms with Gasteiger partial charge in [0.1, 0.15) is 10.9 Å². The van der Waals surface area contributed by atoms with Crippen LogP contribution in [0.25, 0.3) is 0 Å². The number of benzene rings is 3. The number of hydrogen-bond donors (Lipinski definition) is 1. The quantitative estimate of drug-likeness (QED) is 0.643. The maximum Gasteiger partial charge on any atom is 0.193 e. The first-order chi connectivity index (χ1) is 13.3. The van der Waals surface area contributed by atoms with Crippen molar-refractivity contribution in [1.82, 2.24) is 0 Å². The van der Waals surface area contributed by atoms with Crippen LogP contribution in [-0.2, 0) is 14.6 Å². The standard InChI is InChI=1S/C23H22O4S/c1-17-13-15-20(16-14-17)28(26,27)23(2,19-11-7-4-8-12-19)22(25)21(24)18-9-5-3-6-10-18/h3-16,22,25H,1-2H3. The molecule has 3 aromatic rings. The average molecular weight is 394 g/mol. The lowest BCUT2D eigenvalue weighted by atomic mass is 9.89. The Kier molecular flexibility index (Phi) is 5.49. The lowest BCUT2D eigenvalue weighted by Crippen LogP contribution is -2.48. The van der Waals surface area contributed by atoms with Crippen LogP contribution in [0.1, 0.15) is 28.4 Å². The molecule has 0 saturated heterocycles. The molecule has 2 atom stereocenters. The zero-order valence-electron chi connectivity index (χ0n) is 15.7. The largest absolute Gasteiger partial charge is 0.383 e. The van der Waals surface area contributed by atoms with Crippen LogP contribution in [0.5, 0.6) is 0 Å². The van der Waals surface area contributed by atoms with Crippen molar-refractivity contribution < 1.29 is 18.3 Å². The maximum atomic E-state index is 13.6. The van der Waals surface area contributed by atoms with Gasteiger partial charge >= 0.3 is 0 Å². The highest BCUT2D eigenvalue weighted by molar-refractivity contribution is 7.92. The Morgan fingerprint density at radius 3 is 1.89 bits per heavy atom.